The van der Waals surface area contributed by atoms with Gasteiger partial charge in [-0.15, -0.1) is 0 Å². The summed E-state index contributed by atoms with van der Waals surface area (Å²) in [5.41, 5.74) is 5.66. The van der Waals surface area contributed by atoms with Gasteiger partial charge in [0.25, 0.3) is 0 Å². The average Bonchev–Trinajstić information content (AvgIpc) is 2.06. The molecular formula is C8H16N2O3. The molecule has 1 saturated heterocycles. The van der Waals surface area contributed by atoms with E-state index in [1.807, 2.05) is 0 Å². The summed E-state index contributed by atoms with van der Waals surface area (Å²) >= 11 is 0. The first-order chi connectivity index (χ1) is 6.02. The third kappa shape index (κ3) is 2.40. The molecule has 5 nitrogen and oxygen atoms in total. The quantitative estimate of drug-likeness (QED) is 0.472. The van der Waals surface area contributed by atoms with Crippen LogP contribution in [0.3, 0.4) is 0 Å². The Morgan fingerprint density at radius 2 is 2.31 bits per heavy atom. The molecule has 5 heteroatoms. The Balaban J connectivity index is 2.53. The van der Waals surface area contributed by atoms with Crippen LogP contribution in [0.5, 0.6) is 0 Å². The lowest BCUT2D eigenvalue weighted by Crippen LogP contribution is -2.61. The molecule has 1 heterocycles. The molecule has 0 unspecified atom stereocenters. The maximum absolute atomic E-state index is 10.7. The van der Waals surface area contributed by atoms with E-state index < -0.39 is 12.1 Å². The first kappa shape index (κ1) is 10.4. The number of ether oxygens (including phenoxy) is 1. The summed E-state index contributed by atoms with van der Waals surface area (Å²) < 4.78 is 5.27. The van der Waals surface area contributed by atoms with Gasteiger partial charge in [0.2, 0.25) is 5.91 Å². The maximum Gasteiger partial charge on any atom is 0.217 e. The zero-order valence-electron chi connectivity index (χ0n) is 7.86. The number of nitrogens with one attached hydrogen (secondary N) is 1. The Kier molecular flexibility index (Phi) is 3.24. The van der Waals surface area contributed by atoms with Gasteiger partial charge < -0.3 is 20.9 Å². The molecule has 13 heavy (non-hydrogen) atoms. The zero-order valence-corrected chi connectivity index (χ0v) is 7.86. The summed E-state index contributed by atoms with van der Waals surface area (Å²) in [6.07, 6.45) is -0.896. The van der Waals surface area contributed by atoms with Crippen LogP contribution in [0.2, 0.25) is 0 Å². The molecule has 1 amide bonds. The Morgan fingerprint density at radius 1 is 1.69 bits per heavy atom. The summed E-state index contributed by atoms with van der Waals surface area (Å²) in [7, 11) is 0. The Bertz CT molecular complexity index is 198. The van der Waals surface area contributed by atoms with E-state index in [2.05, 4.69) is 5.32 Å². The van der Waals surface area contributed by atoms with E-state index in [-0.39, 0.29) is 18.1 Å². The van der Waals surface area contributed by atoms with E-state index in [4.69, 9.17) is 10.5 Å². The molecule has 1 rings (SSSR count). The number of carbonyl (C=O) groups is 1. The second-order valence-electron chi connectivity index (χ2n) is 3.41. The molecule has 0 aliphatic carbocycles. The van der Waals surface area contributed by atoms with Gasteiger partial charge in [0.15, 0.2) is 0 Å². The fourth-order valence-electron chi connectivity index (χ4n) is 1.40. The van der Waals surface area contributed by atoms with Gasteiger partial charge in [-0.1, -0.05) is 0 Å². The van der Waals surface area contributed by atoms with Crippen molar-refractivity contribution in [3.63, 3.8) is 0 Å². The highest BCUT2D eigenvalue weighted by Gasteiger charge is 2.35. The molecule has 0 spiro atoms. The van der Waals surface area contributed by atoms with Crippen molar-refractivity contribution in [2.45, 2.75) is 38.1 Å². The van der Waals surface area contributed by atoms with Gasteiger partial charge >= 0.3 is 0 Å². The third-order valence-corrected chi connectivity index (χ3v) is 2.28. The minimum atomic E-state index is -0.729. The standard InChI is InChI=1S/C8H16N2O3/c1-4-7(9)8(12)6(3-13-4)10-5(2)11/h4,6-8,12H,3,9H2,1-2H3,(H,10,11)/t4-,6+,7+,8-/m1/s1. The summed E-state index contributed by atoms with van der Waals surface area (Å²) in [4.78, 5) is 10.7. The van der Waals surface area contributed by atoms with Crippen molar-refractivity contribution < 1.29 is 14.6 Å². The monoisotopic (exact) mass is 188 g/mol. The van der Waals surface area contributed by atoms with Crippen LogP contribution in [0.1, 0.15) is 13.8 Å². The highest BCUT2D eigenvalue weighted by molar-refractivity contribution is 5.73. The van der Waals surface area contributed by atoms with Gasteiger partial charge in [0, 0.05) is 6.92 Å². The van der Waals surface area contributed by atoms with Gasteiger partial charge in [-0.05, 0) is 6.92 Å². The number of aliphatic hydroxyl groups is 1. The van der Waals surface area contributed by atoms with Gasteiger partial charge in [-0.3, -0.25) is 4.79 Å². The molecular weight excluding hydrogens is 172 g/mol. The highest BCUT2D eigenvalue weighted by Crippen LogP contribution is 2.12. The van der Waals surface area contributed by atoms with Crippen molar-refractivity contribution in [2.75, 3.05) is 6.61 Å². The number of hydrogen-bond acceptors (Lipinski definition) is 4. The van der Waals surface area contributed by atoms with Crippen LogP contribution in [0.15, 0.2) is 0 Å². The molecule has 0 aromatic carbocycles. The minimum Gasteiger partial charge on any atom is -0.389 e. The van der Waals surface area contributed by atoms with Gasteiger partial charge in [-0.25, -0.2) is 0 Å². The van der Waals surface area contributed by atoms with E-state index in [0.717, 1.165) is 0 Å². The fraction of sp³-hybridized carbons (Fsp3) is 0.875. The molecule has 0 bridgehead atoms. The Hall–Kier alpha value is -0.650. The second kappa shape index (κ2) is 4.04. The predicted octanol–water partition coefficient (Wildman–Crippen LogP) is -1.40. The molecule has 0 aromatic heterocycles. The lowest BCUT2D eigenvalue weighted by atomic mass is 9.97. The van der Waals surface area contributed by atoms with Crippen LogP contribution in [0.4, 0.5) is 0 Å². The molecule has 0 saturated carbocycles. The Labute approximate surface area is 77.2 Å². The zero-order chi connectivity index (χ0) is 10.0. The third-order valence-electron chi connectivity index (χ3n) is 2.28. The van der Waals surface area contributed by atoms with Crippen molar-refractivity contribution in [3.8, 4) is 0 Å². The summed E-state index contributed by atoms with van der Waals surface area (Å²) in [6.45, 7) is 3.52. The van der Waals surface area contributed by atoms with Crippen molar-refractivity contribution in [1.29, 1.82) is 0 Å². The molecule has 0 radical (unpaired) electrons. The van der Waals surface area contributed by atoms with Crippen molar-refractivity contribution in [3.05, 3.63) is 0 Å². The van der Waals surface area contributed by atoms with Gasteiger partial charge in [0.1, 0.15) is 0 Å². The number of hydrogen-bond donors (Lipinski definition) is 3. The average molecular weight is 188 g/mol. The van der Waals surface area contributed by atoms with E-state index in [1.54, 1.807) is 6.92 Å². The number of aliphatic hydroxyl groups excluding tert-OH is 1. The number of carbonyl (C=O) groups excluding carboxylic acids is 1. The van der Waals surface area contributed by atoms with Crippen LogP contribution >= 0.6 is 0 Å². The summed E-state index contributed by atoms with van der Waals surface area (Å²) in [5, 5.41) is 12.2. The summed E-state index contributed by atoms with van der Waals surface area (Å²) in [6, 6.07) is -0.825. The van der Waals surface area contributed by atoms with Crippen LogP contribution in [-0.2, 0) is 9.53 Å². The lowest BCUT2D eigenvalue weighted by Gasteiger charge is -2.37. The van der Waals surface area contributed by atoms with Crippen LogP contribution in [0.25, 0.3) is 0 Å². The molecule has 4 N–H and O–H groups in total. The van der Waals surface area contributed by atoms with Crippen LogP contribution < -0.4 is 11.1 Å². The molecule has 1 aliphatic heterocycles. The van der Waals surface area contributed by atoms with Crippen molar-refractivity contribution >= 4 is 5.91 Å². The topological polar surface area (TPSA) is 84.6 Å². The fourth-order valence-corrected chi connectivity index (χ4v) is 1.40. The van der Waals surface area contributed by atoms with Gasteiger partial charge in [0.05, 0.1) is 30.9 Å². The SMILES string of the molecule is CC(=O)N[C@H]1CO[C@H](C)[C@H](N)[C@@H]1O. The first-order valence-corrected chi connectivity index (χ1v) is 4.34. The van der Waals surface area contributed by atoms with E-state index >= 15 is 0 Å². The van der Waals surface area contributed by atoms with E-state index in [9.17, 15) is 9.90 Å². The van der Waals surface area contributed by atoms with Crippen molar-refractivity contribution in [1.82, 2.24) is 5.32 Å². The van der Waals surface area contributed by atoms with E-state index in [1.165, 1.54) is 6.92 Å². The highest BCUT2D eigenvalue weighted by atomic mass is 16.5. The lowest BCUT2D eigenvalue weighted by molar-refractivity contribution is -0.125. The second-order valence-corrected chi connectivity index (χ2v) is 3.41. The van der Waals surface area contributed by atoms with Crippen LogP contribution in [0, 0.1) is 0 Å². The maximum atomic E-state index is 10.7. The summed E-state index contributed by atoms with van der Waals surface area (Å²) in [5.74, 6) is -0.186. The molecule has 76 valence electrons. The smallest absolute Gasteiger partial charge is 0.217 e. The van der Waals surface area contributed by atoms with Crippen molar-refractivity contribution in [2.24, 2.45) is 5.73 Å². The van der Waals surface area contributed by atoms with E-state index in [0.29, 0.717) is 6.61 Å². The van der Waals surface area contributed by atoms with Gasteiger partial charge in [-0.2, -0.15) is 0 Å². The largest absolute Gasteiger partial charge is 0.389 e. The predicted molar refractivity (Wildman–Crippen MR) is 47.0 cm³/mol. The first-order valence-electron chi connectivity index (χ1n) is 4.34. The molecule has 1 fully saturated rings. The number of rotatable bonds is 1. The van der Waals surface area contributed by atoms with Crippen LogP contribution in [-0.4, -0.2) is 41.9 Å². The molecule has 1 aliphatic rings. The minimum absolute atomic E-state index is 0.167. The molecule has 4 atom stereocenters. The normalized spacial score (nSPS) is 40.0. The number of nitrogens with two attached hydrogens (primary N) is 1. The molecule has 0 aromatic rings. The number of amides is 1. The Morgan fingerprint density at radius 3 is 2.85 bits per heavy atom.